The fraction of sp³-hybridized carbons (Fsp3) is 0.455. The van der Waals surface area contributed by atoms with Crippen LogP contribution in [-0.2, 0) is 0 Å². The van der Waals surface area contributed by atoms with E-state index in [1.807, 2.05) is 0 Å². The Morgan fingerprint density at radius 2 is 2.24 bits per heavy atom. The lowest BCUT2D eigenvalue weighted by molar-refractivity contribution is -0.385. The maximum Gasteiger partial charge on any atom is 0.333 e. The Morgan fingerprint density at radius 3 is 2.71 bits per heavy atom. The second-order valence-electron chi connectivity index (χ2n) is 3.73. The van der Waals surface area contributed by atoms with Crippen LogP contribution in [0.3, 0.4) is 0 Å². The van der Waals surface area contributed by atoms with Gasteiger partial charge in [0.2, 0.25) is 0 Å². The van der Waals surface area contributed by atoms with Crippen molar-refractivity contribution in [1.82, 2.24) is 0 Å². The number of aliphatic hydroxyl groups excluding tert-OH is 1. The molecule has 0 amide bonds. The van der Waals surface area contributed by atoms with E-state index in [0.717, 1.165) is 0 Å². The third kappa shape index (κ3) is 2.65. The molecule has 6 nitrogen and oxygen atoms in total. The van der Waals surface area contributed by atoms with Crippen LogP contribution in [0.2, 0.25) is 0 Å². The van der Waals surface area contributed by atoms with Crippen LogP contribution < -0.4 is 9.64 Å². The highest BCUT2D eigenvalue weighted by atomic mass is 16.6. The summed E-state index contributed by atoms with van der Waals surface area (Å²) in [6.45, 7) is 1.70. The molecule has 0 saturated carbocycles. The van der Waals surface area contributed by atoms with Crippen LogP contribution in [0.1, 0.15) is 6.92 Å². The maximum absolute atomic E-state index is 11.1. The first kappa shape index (κ1) is 13.2. The van der Waals surface area contributed by atoms with Gasteiger partial charge in [-0.25, -0.2) is 0 Å². The lowest BCUT2D eigenvalue weighted by Crippen LogP contribution is -2.32. The monoisotopic (exact) mass is 240 g/mol. The van der Waals surface area contributed by atoms with Crippen molar-refractivity contribution in [1.29, 1.82) is 0 Å². The number of nitrogens with zero attached hydrogens (tertiary/aromatic N) is 2. The summed E-state index contributed by atoms with van der Waals surface area (Å²) in [4.78, 5) is 12.2. The number of benzene rings is 1. The van der Waals surface area contributed by atoms with Gasteiger partial charge in [0.15, 0.2) is 5.75 Å². The number of nitro benzene ring substituents is 1. The lowest BCUT2D eigenvalue weighted by atomic mass is 10.2. The highest BCUT2D eigenvalue weighted by Gasteiger charge is 2.24. The summed E-state index contributed by atoms with van der Waals surface area (Å²) in [5.74, 6) is 0.212. The standard InChI is InChI=1S/C11H16N2O4/c1-8(7-14)12(2)9-5-4-6-10(17-3)11(9)13(15)16/h4-6,8,14H,7H2,1-3H3. The van der Waals surface area contributed by atoms with E-state index in [2.05, 4.69) is 0 Å². The van der Waals surface area contributed by atoms with Crippen LogP contribution in [0.5, 0.6) is 5.75 Å². The summed E-state index contributed by atoms with van der Waals surface area (Å²) in [5, 5.41) is 20.1. The van der Waals surface area contributed by atoms with Crippen LogP contribution in [-0.4, -0.2) is 36.8 Å². The van der Waals surface area contributed by atoms with Gasteiger partial charge < -0.3 is 14.7 Å². The van der Waals surface area contributed by atoms with Crippen molar-refractivity contribution in [2.24, 2.45) is 0 Å². The van der Waals surface area contributed by atoms with Crippen LogP contribution in [0, 0.1) is 10.1 Å². The van der Waals surface area contributed by atoms with E-state index in [9.17, 15) is 10.1 Å². The first-order valence-corrected chi connectivity index (χ1v) is 5.18. The van der Waals surface area contributed by atoms with E-state index in [0.29, 0.717) is 5.69 Å². The van der Waals surface area contributed by atoms with Gasteiger partial charge in [0.05, 0.1) is 18.6 Å². The van der Waals surface area contributed by atoms with Crippen molar-refractivity contribution >= 4 is 11.4 Å². The van der Waals surface area contributed by atoms with Gasteiger partial charge in [0, 0.05) is 13.1 Å². The summed E-state index contributed by atoms with van der Waals surface area (Å²) in [7, 11) is 3.09. The summed E-state index contributed by atoms with van der Waals surface area (Å²) in [6, 6.07) is 4.65. The van der Waals surface area contributed by atoms with E-state index in [4.69, 9.17) is 9.84 Å². The molecule has 0 spiro atoms. The van der Waals surface area contributed by atoms with Crippen molar-refractivity contribution in [3.8, 4) is 5.75 Å². The topological polar surface area (TPSA) is 75.8 Å². The van der Waals surface area contributed by atoms with Gasteiger partial charge in [0.1, 0.15) is 5.69 Å². The fourth-order valence-electron chi connectivity index (χ4n) is 1.50. The molecule has 0 aliphatic rings. The molecule has 0 heterocycles. The molecular weight excluding hydrogens is 224 g/mol. The molecule has 1 rings (SSSR count). The maximum atomic E-state index is 11.1. The van der Waals surface area contributed by atoms with Crippen LogP contribution in [0.15, 0.2) is 18.2 Å². The molecule has 94 valence electrons. The van der Waals surface area contributed by atoms with Gasteiger partial charge in [-0.1, -0.05) is 6.07 Å². The Kier molecular flexibility index (Phi) is 4.28. The normalized spacial score (nSPS) is 12.0. The predicted octanol–water partition coefficient (Wildman–Crippen LogP) is 1.42. The summed E-state index contributed by atoms with van der Waals surface area (Å²) >= 11 is 0. The Morgan fingerprint density at radius 1 is 1.59 bits per heavy atom. The summed E-state index contributed by atoms with van der Waals surface area (Å²) < 4.78 is 4.98. The molecule has 1 aromatic rings. The highest BCUT2D eigenvalue weighted by Crippen LogP contribution is 2.36. The van der Waals surface area contributed by atoms with E-state index < -0.39 is 4.92 Å². The molecule has 0 aliphatic heterocycles. The number of aliphatic hydroxyl groups is 1. The Hall–Kier alpha value is -1.82. The number of para-hydroxylation sites is 1. The van der Waals surface area contributed by atoms with Crippen molar-refractivity contribution in [2.75, 3.05) is 25.7 Å². The van der Waals surface area contributed by atoms with Crippen LogP contribution >= 0.6 is 0 Å². The van der Waals surface area contributed by atoms with Crippen LogP contribution in [0.4, 0.5) is 11.4 Å². The quantitative estimate of drug-likeness (QED) is 0.622. The fourth-order valence-corrected chi connectivity index (χ4v) is 1.50. The van der Waals surface area contributed by atoms with Gasteiger partial charge in [-0.15, -0.1) is 0 Å². The number of rotatable bonds is 5. The molecule has 0 fully saturated rings. The Bertz CT molecular complexity index is 408. The molecule has 1 aromatic carbocycles. The number of hydrogen-bond acceptors (Lipinski definition) is 5. The predicted molar refractivity (Wildman–Crippen MR) is 64.6 cm³/mol. The number of nitro groups is 1. The summed E-state index contributed by atoms with van der Waals surface area (Å²) in [6.07, 6.45) is 0. The largest absolute Gasteiger partial charge is 0.490 e. The number of ether oxygens (including phenoxy) is 1. The average molecular weight is 240 g/mol. The summed E-state index contributed by atoms with van der Waals surface area (Å²) in [5.41, 5.74) is 0.341. The molecular formula is C11H16N2O4. The molecule has 17 heavy (non-hydrogen) atoms. The molecule has 1 atom stereocenters. The zero-order valence-corrected chi connectivity index (χ0v) is 10.1. The Balaban J connectivity index is 3.27. The first-order valence-electron chi connectivity index (χ1n) is 5.18. The van der Waals surface area contributed by atoms with Crippen molar-refractivity contribution in [2.45, 2.75) is 13.0 Å². The molecule has 0 radical (unpaired) electrons. The molecule has 0 aliphatic carbocycles. The molecule has 1 N–H and O–H groups in total. The molecule has 6 heteroatoms. The molecule has 1 unspecified atom stereocenters. The van der Waals surface area contributed by atoms with Gasteiger partial charge in [-0.05, 0) is 19.1 Å². The molecule has 0 aromatic heterocycles. The van der Waals surface area contributed by atoms with Gasteiger partial charge in [0.25, 0.3) is 0 Å². The third-order valence-corrected chi connectivity index (χ3v) is 2.69. The zero-order valence-electron chi connectivity index (χ0n) is 10.1. The van der Waals surface area contributed by atoms with Crippen molar-refractivity contribution < 1.29 is 14.8 Å². The molecule has 0 saturated heterocycles. The highest BCUT2D eigenvalue weighted by molar-refractivity contribution is 5.69. The van der Waals surface area contributed by atoms with Gasteiger partial charge in [-0.2, -0.15) is 0 Å². The minimum Gasteiger partial charge on any atom is -0.490 e. The van der Waals surface area contributed by atoms with E-state index in [1.165, 1.54) is 7.11 Å². The minimum atomic E-state index is -0.477. The number of hydrogen-bond donors (Lipinski definition) is 1. The van der Waals surface area contributed by atoms with E-state index in [-0.39, 0.29) is 24.1 Å². The Labute approximate surface area is 99.6 Å². The third-order valence-electron chi connectivity index (χ3n) is 2.69. The minimum absolute atomic E-state index is 0.0785. The second kappa shape index (κ2) is 5.49. The number of likely N-dealkylation sites (N-methyl/N-ethyl adjacent to an activating group) is 1. The zero-order chi connectivity index (χ0) is 13.0. The smallest absolute Gasteiger partial charge is 0.333 e. The van der Waals surface area contributed by atoms with E-state index >= 15 is 0 Å². The number of methoxy groups -OCH3 is 1. The van der Waals surface area contributed by atoms with Gasteiger partial charge in [-0.3, -0.25) is 10.1 Å². The first-order chi connectivity index (χ1) is 8.02. The average Bonchev–Trinajstić information content (AvgIpc) is 2.35. The SMILES string of the molecule is COc1cccc(N(C)C(C)CO)c1[N+](=O)[O-]. The number of anilines is 1. The van der Waals surface area contributed by atoms with E-state index in [1.54, 1.807) is 37.1 Å². The lowest BCUT2D eigenvalue weighted by Gasteiger charge is -2.25. The molecule has 0 bridgehead atoms. The van der Waals surface area contributed by atoms with Crippen LogP contribution in [0.25, 0.3) is 0 Å². The van der Waals surface area contributed by atoms with Gasteiger partial charge >= 0.3 is 5.69 Å². The second-order valence-corrected chi connectivity index (χ2v) is 3.73. The van der Waals surface area contributed by atoms with Crippen molar-refractivity contribution in [3.63, 3.8) is 0 Å². The van der Waals surface area contributed by atoms with Crippen molar-refractivity contribution in [3.05, 3.63) is 28.3 Å².